The van der Waals surface area contributed by atoms with Gasteiger partial charge in [0.05, 0.1) is 26.2 Å². The number of nitrogens with zero attached hydrogens (tertiary/aromatic N) is 2. The highest BCUT2D eigenvalue weighted by atomic mass is 16.5. The number of morpholine rings is 1. The number of hydrogen-bond acceptors (Lipinski definition) is 4. The molecule has 0 N–H and O–H groups in total. The molecule has 3 rings (SSSR count). The van der Waals surface area contributed by atoms with Crippen molar-refractivity contribution in [1.82, 2.24) is 9.80 Å². The van der Waals surface area contributed by atoms with Crippen molar-refractivity contribution in [3.63, 3.8) is 0 Å². The Morgan fingerprint density at radius 3 is 2.36 bits per heavy atom. The topological polar surface area (TPSA) is 59.1 Å². The summed E-state index contributed by atoms with van der Waals surface area (Å²) in [6, 6.07) is 9.52. The molecule has 6 nitrogen and oxygen atoms in total. The van der Waals surface area contributed by atoms with E-state index in [2.05, 4.69) is 0 Å². The number of hydrogen-bond donors (Lipinski definition) is 0. The number of benzene rings is 1. The second kappa shape index (κ2) is 8.85. The highest BCUT2D eigenvalue weighted by molar-refractivity contribution is 5.80. The first-order valence-corrected chi connectivity index (χ1v) is 9.06. The van der Waals surface area contributed by atoms with Gasteiger partial charge in [0.1, 0.15) is 5.75 Å². The minimum absolute atomic E-state index is 0.0442. The Morgan fingerprint density at radius 1 is 1.00 bits per heavy atom. The summed E-state index contributed by atoms with van der Waals surface area (Å²) < 4.78 is 10.9. The molecule has 2 aliphatic heterocycles. The minimum Gasteiger partial charge on any atom is -0.493 e. The van der Waals surface area contributed by atoms with Crippen LogP contribution in [0.3, 0.4) is 0 Å². The van der Waals surface area contributed by atoms with E-state index in [1.807, 2.05) is 40.1 Å². The van der Waals surface area contributed by atoms with Gasteiger partial charge in [0.25, 0.3) is 0 Å². The highest BCUT2D eigenvalue weighted by Gasteiger charge is 2.30. The van der Waals surface area contributed by atoms with Crippen LogP contribution in [0.5, 0.6) is 5.75 Å². The molecule has 136 valence electrons. The number of para-hydroxylation sites is 1. The molecule has 25 heavy (non-hydrogen) atoms. The zero-order valence-corrected chi connectivity index (χ0v) is 14.6. The van der Waals surface area contributed by atoms with Crippen LogP contribution in [0.15, 0.2) is 30.3 Å². The minimum atomic E-state index is 0.0442. The lowest BCUT2D eigenvalue weighted by molar-refractivity contribution is -0.143. The van der Waals surface area contributed by atoms with E-state index in [0.717, 1.165) is 18.6 Å². The van der Waals surface area contributed by atoms with E-state index in [9.17, 15) is 9.59 Å². The van der Waals surface area contributed by atoms with Crippen LogP contribution in [-0.4, -0.2) is 67.6 Å². The van der Waals surface area contributed by atoms with Crippen molar-refractivity contribution < 1.29 is 19.1 Å². The molecule has 0 spiro atoms. The van der Waals surface area contributed by atoms with Crippen LogP contribution in [0.1, 0.15) is 19.3 Å². The predicted molar refractivity (Wildman–Crippen MR) is 93.3 cm³/mol. The SMILES string of the molecule is O=C(CCOc1ccccc1)N1CCC(C(=O)N2CCOCC2)CC1. The third-order valence-electron chi connectivity index (χ3n) is 4.85. The Hall–Kier alpha value is -2.08. The number of amides is 2. The highest BCUT2D eigenvalue weighted by Crippen LogP contribution is 2.21. The third kappa shape index (κ3) is 4.95. The van der Waals surface area contributed by atoms with E-state index in [1.165, 1.54) is 0 Å². The van der Waals surface area contributed by atoms with Gasteiger partial charge in [0.2, 0.25) is 11.8 Å². The van der Waals surface area contributed by atoms with Crippen molar-refractivity contribution in [1.29, 1.82) is 0 Å². The lowest BCUT2D eigenvalue weighted by Crippen LogP contribution is -2.47. The van der Waals surface area contributed by atoms with Gasteiger partial charge in [0.15, 0.2) is 0 Å². The predicted octanol–water partition coefficient (Wildman–Crippen LogP) is 1.55. The Labute approximate surface area is 148 Å². The second-order valence-electron chi connectivity index (χ2n) is 6.50. The number of carbonyl (C=O) groups excluding carboxylic acids is 2. The van der Waals surface area contributed by atoms with E-state index in [1.54, 1.807) is 0 Å². The van der Waals surface area contributed by atoms with Gasteiger partial charge in [-0.3, -0.25) is 9.59 Å². The summed E-state index contributed by atoms with van der Waals surface area (Å²) in [6.07, 6.45) is 1.87. The number of piperidine rings is 1. The Kier molecular flexibility index (Phi) is 6.28. The van der Waals surface area contributed by atoms with Crippen LogP contribution < -0.4 is 4.74 Å². The van der Waals surface area contributed by atoms with Crippen LogP contribution >= 0.6 is 0 Å². The van der Waals surface area contributed by atoms with Crippen LogP contribution in [0, 0.1) is 5.92 Å². The van der Waals surface area contributed by atoms with Gasteiger partial charge in [0, 0.05) is 32.1 Å². The van der Waals surface area contributed by atoms with Gasteiger partial charge < -0.3 is 19.3 Å². The molecule has 2 fully saturated rings. The van der Waals surface area contributed by atoms with Crippen molar-refractivity contribution in [2.75, 3.05) is 46.0 Å². The fraction of sp³-hybridized carbons (Fsp3) is 0.579. The van der Waals surface area contributed by atoms with Gasteiger partial charge in [-0.05, 0) is 25.0 Å². The number of rotatable bonds is 5. The summed E-state index contributed by atoms with van der Waals surface area (Å²) in [7, 11) is 0. The Morgan fingerprint density at radius 2 is 1.68 bits per heavy atom. The molecule has 1 aromatic carbocycles. The van der Waals surface area contributed by atoms with Gasteiger partial charge in [-0.2, -0.15) is 0 Å². The summed E-state index contributed by atoms with van der Waals surface area (Å²) in [5.41, 5.74) is 0. The zero-order chi connectivity index (χ0) is 17.5. The average molecular weight is 346 g/mol. The van der Waals surface area contributed by atoms with Crippen molar-refractivity contribution in [3.8, 4) is 5.75 Å². The lowest BCUT2D eigenvalue weighted by Gasteiger charge is -2.35. The van der Waals surface area contributed by atoms with E-state index in [4.69, 9.17) is 9.47 Å². The van der Waals surface area contributed by atoms with Crippen molar-refractivity contribution >= 4 is 11.8 Å². The molecule has 2 heterocycles. The largest absolute Gasteiger partial charge is 0.493 e. The Balaban J connectivity index is 1.37. The Bertz CT molecular complexity index is 564. The standard InChI is InChI=1S/C19H26N2O4/c22-18(8-13-25-17-4-2-1-3-5-17)20-9-6-16(7-10-20)19(23)21-11-14-24-15-12-21/h1-5,16H,6-15H2. The van der Waals surface area contributed by atoms with E-state index >= 15 is 0 Å². The van der Waals surface area contributed by atoms with Gasteiger partial charge in [-0.15, -0.1) is 0 Å². The molecule has 0 radical (unpaired) electrons. The quantitative estimate of drug-likeness (QED) is 0.812. The fourth-order valence-electron chi connectivity index (χ4n) is 3.35. The fourth-order valence-corrected chi connectivity index (χ4v) is 3.35. The third-order valence-corrected chi connectivity index (χ3v) is 4.85. The summed E-state index contributed by atoms with van der Waals surface area (Å²) >= 11 is 0. The summed E-state index contributed by atoms with van der Waals surface area (Å²) in [5, 5.41) is 0. The van der Waals surface area contributed by atoms with E-state index in [0.29, 0.717) is 52.4 Å². The number of carbonyl (C=O) groups is 2. The molecule has 6 heteroatoms. The molecular formula is C19H26N2O4. The number of likely N-dealkylation sites (tertiary alicyclic amines) is 1. The molecule has 2 aliphatic rings. The van der Waals surface area contributed by atoms with Crippen LogP contribution in [0.25, 0.3) is 0 Å². The first-order chi connectivity index (χ1) is 12.2. The van der Waals surface area contributed by atoms with Gasteiger partial charge in [-0.1, -0.05) is 18.2 Å². The molecule has 2 saturated heterocycles. The average Bonchev–Trinajstić information content (AvgIpc) is 2.69. The van der Waals surface area contributed by atoms with Crippen LogP contribution in [-0.2, 0) is 14.3 Å². The maximum Gasteiger partial charge on any atom is 0.225 e. The van der Waals surface area contributed by atoms with E-state index < -0.39 is 0 Å². The molecule has 1 aromatic rings. The first kappa shape index (κ1) is 17.7. The molecule has 0 saturated carbocycles. The summed E-state index contributed by atoms with van der Waals surface area (Å²) in [6.45, 7) is 4.34. The van der Waals surface area contributed by atoms with Crippen molar-refractivity contribution in [2.24, 2.45) is 5.92 Å². The molecule has 0 aliphatic carbocycles. The maximum atomic E-state index is 12.5. The second-order valence-corrected chi connectivity index (χ2v) is 6.50. The summed E-state index contributed by atoms with van der Waals surface area (Å²) in [4.78, 5) is 28.6. The molecular weight excluding hydrogens is 320 g/mol. The molecule has 0 aromatic heterocycles. The molecule has 2 amide bonds. The van der Waals surface area contributed by atoms with Crippen LogP contribution in [0.2, 0.25) is 0 Å². The number of ether oxygens (including phenoxy) is 2. The van der Waals surface area contributed by atoms with Gasteiger partial charge >= 0.3 is 0 Å². The van der Waals surface area contributed by atoms with Crippen molar-refractivity contribution in [3.05, 3.63) is 30.3 Å². The molecule has 0 atom stereocenters. The monoisotopic (exact) mass is 346 g/mol. The van der Waals surface area contributed by atoms with E-state index in [-0.39, 0.29) is 17.7 Å². The molecule has 0 unspecified atom stereocenters. The lowest BCUT2D eigenvalue weighted by atomic mass is 9.95. The van der Waals surface area contributed by atoms with Gasteiger partial charge in [-0.25, -0.2) is 0 Å². The molecule has 0 bridgehead atoms. The zero-order valence-electron chi connectivity index (χ0n) is 14.6. The first-order valence-electron chi connectivity index (χ1n) is 9.06. The van der Waals surface area contributed by atoms with Crippen LogP contribution in [0.4, 0.5) is 0 Å². The summed E-state index contributed by atoms with van der Waals surface area (Å²) in [5.74, 6) is 1.16. The smallest absolute Gasteiger partial charge is 0.225 e. The maximum absolute atomic E-state index is 12.5. The van der Waals surface area contributed by atoms with Crippen molar-refractivity contribution in [2.45, 2.75) is 19.3 Å². The normalized spacial score (nSPS) is 18.9.